The smallest absolute Gasteiger partial charge is 0.303 e. The summed E-state index contributed by atoms with van der Waals surface area (Å²) in [5.74, 6) is -6.74. The maximum Gasteiger partial charge on any atom is 0.303 e. The molecule has 0 radical (unpaired) electrons. The zero-order valence-corrected chi connectivity index (χ0v) is 24.7. The van der Waals surface area contributed by atoms with E-state index in [-0.39, 0.29) is 17.9 Å². The average Bonchev–Trinajstić information content (AvgIpc) is 2.93. The van der Waals surface area contributed by atoms with Crippen molar-refractivity contribution >= 4 is 34.8 Å². The average molecular weight is 611 g/mol. The molecule has 13 heteroatoms. The number of fused-ring (bicyclic) bond motifs is 1. The number of hydrogen-bond donors (Lipinski definition) is 3. The van der Waals surface area contributed by atoms with Crippen LogP contribution in [0.2, 0.25) is 0 Å². The molecule has 0 aliphatic carbocycles. The molecule has 5 atom stereocenters. The zero-order valence-electron chi connectivity index (χ0n) is 24.7. The molecule has 3 aromatic rings. The lowest BCUT2D eigenvalue weighted by molar-refractivity contribution is -0.237. The summed E-state index contributed by atoms with van der Waals surface area (Å²) in [5.41, 5.74) is 2.81. The Labute approximate surface area is 252 Å². The van der Waals surface area contributed by atoms with Crippen molar-refractivity contribution in [2.45, 2.75) is 59.4 Å². The van der Waals surface area contributed by atoms with Gasteiger partial charge in [0.25, 0.3) is 5.56 Å². The van der Waals surface area contributed by atoms with Crippen molar-refractivity contribution in [2.75, 3.05) is 6.61 Å². The Hall–Kier alpha value is -4.78. The molecule has 234 valence electrons. The van der Waals surface area contributed by atoms with Crippen molar-refractivity contribution in [1.29, 1.82) is 0 Å². The molecule has 1 saturated heterocycles. The van der Waals surface area contributed by atoms with Crippen LogP contribution in [-0.4, -0.2) is 67.7 Å². The number of aliphatic carboxylic acids is 3. The SMILES string of the molecule is CC(=O)OC[C@H]1O[C@@H](Oc2ccc(-n3c(C)nc4c(C)c(C)ccc4c3=O)cc2)[C@@H](CC(=O)O)[C@H](CC(=O)O)[C@@H]1CC(=O)O. The van der Waals surface area contributed by atoms with E-state index < -0.39 is 73.3 Å². The maximum absolute atomic E-state index is 13.4. The first-order valence-corrected chi connectivity index (χ1v) is 14.0. The third-order valence-corrected chi connectivity index (χ3v) is 8.00. The summed E-state index contributed by atoms with van der Waals surface area (Å²) in [6, 6.07) is 9.92. The number of carbonyl (C=O) groups excluding carboxylic acids is 1. The Bertz CT molecular complexity index is 1650. The van der Waals surface area contributed by atoms with Gasteiger partial charge in [-0.3, -0.25) is 28.5 Å². The van der Waals surface area contributed by atoms with Gasteiger partial charge in [0.15, 0.2) is 0 Å². The van der Waals surface area contributed by atoms with Crippen LogP contribution in [0, 0.1) is 38.5 Å². The fraction of sp³-hybridized carbons (Fsp3) is 0.419. The normalized spacial score (nSPS) is 21.5. The topological polar surface area (TPSA) is 192 Å². The van der Waals surface area contributed by atoms with Crippen LogP contribution in [0.25, 0.3) is 16.6 Å². The van der Waals surface area contributed by atoms with Crippen LogP contribution in [0.15, 0.2) is 41.2 Å². The summed E-state index contributed by atoms with van der Waals surface area (Å²) in [4.78, 5) is 65.0. The van der Waals surface area contributed by atoms with E-state index in [1.165, 1.54) is 4.57 Å². The van der Waals surface area contributed by atoms with Crippen molar-refractivity contribution in [1.82, 2.24) is 9.55 Å². The van der Waals surface area contributed by atoms with E-state index in [1.807, 2.05) is 19.9 Å². The van der Waals surface area contributed by atoms with Crippen LogP contribution in [0.4, 0.5) is 0 Å². The highest BCUT2D eigenvalue weighted by atomic mass is 16.7. The number of hydrogen-bond acceptors (Lipinski definition) is 9. The van der Waals surface area contributed by atoms with E-state index in [0.717, 1.165) is 18.1 Å². The van der Waals surface area contributed by atoms with Crippen LogP contribution < -0.4 is 10.3 Å². The Morgan fingerprint density at radius 1 is 0.864 bits per heavy atom. The Morgan fingerprint density at radius 2 is 1.45 bits per heavy atom. The minimum Gasteiger partial charge on any atom is -0.481 e. The molecule has 3 N–H and O–H groups in total. The molecular weight excluding hydrogens is 576 g/mol. The van der Waals surface area contributed by atoms with Crippen molar-refractivity contribution in [3.63, 3.8) is 0 Å². The van der Waals surface area contributed by atoms with Gasteiger partial charge in [0.1, 0.15) is 18.2 Å². The van der Waals surface area contributed by atoms with Gasteiger partial charge in [-0.05, 0) is 68.1 Å². The summed E-state index contributed by atoms with van der Waals surface area (Å²) in [5, 5.41) is 29.3. The number of carboxylic acids is 3. The van der Waals surface area contributed by atoms with Crippen LogP contribution in [0.5, 0.6) is 5.75 Å². The molecule has 13 nitrogen and oxygen atoms in total. The van der Waals surface area contributed by atoms with Gasteiger partial charge in [-0.2, -0.15) is 0 Å². The van der Waals surface area contributed by atoms with E-state index in [0.29, 0.717) is 22.4 Å². The number of esters is 1. The van der Waals surface area contributed by atoms with E-state index in [4.69, 9.17) is 14.2 Å². The van der Waals surface area contributed by atoms with Gasteiger partial charge in [-0.1, -0.05) is 6.07 Å². The molecule has 0 bridgehead atoms. The second-order valence-electron chi connectivity index (χ2n) is 10.9. The molecule has 1 aliphatic heterocycles. The quantitative estimate of drug-likeness (QED) is 0.269. The first-order chi connectivity index (χ1) is 20.8. The molecule has 0 saturated carbocycles. The number of rotatable bonds is 11. The molecule has 0 spiro atoms. The lowest BCUT2D eigenvalue weighted by Crippen LogP contribution is -2.53. The van der Waals surface area contributed by atoms with Gasteiger partial charge < -0.3 is 29.5 Å². The first kappa shape index (κ1) is 32.1. The third kappa shape index (κ3) is 7.05. The zero-order chi connectivity index (χ0) is 32.3. The molecule has 1 fully saturated rings. The number of carboxylic acid groups (broad SMARTS) is 3. The highest BCUT2D eigenvalue weighted by molar-refractivity contribution is 5.82. The minimum absolute atomic E-state index is 0.219. The largest absolute Gasteiger partial charge is 0.481 e. The lowest BCUT2D eigenvalue weighted by atomic mass is 9.71. The van der Waals surface area contributed by atoms with Gasteiger partial charge >= 0.3 is 23.9 Å². The summed E-state index contributed by atoms with van der Waals surface area (Å²) < 4.78 is 18.6. The van der Waals surface area contributed by atoms with Crippen molar-refractivity contribution in [2.24, 2.45) is 17.8 Å². The second-order valence-corrected chi connectivity index (χ2v) is 10.9. The standard InChI is InChI=1S/C31H34N2O11/c1-15-5-10-21-29(16(15)2)32-17(3)33(30(21)41)19-6-8-20(9-7-19)43-31-24(13-28(39)40)22(11-26(35)36)23(12-27(37)38)25(44-31)14-42-18(4)34/h5-10,22-25,31H,11-14H2,1-4H3,(H,35,36)(H,37,38)(H,39,40)/t22-,23+,24+,25-,31-/m1/s1. The summed E-state index contributed by atoms with van der Waals surface area (Å²) in [6.45, 7) is 6.36. The molecular formula is C31H34N2O11. The second kappa shape index (κ2) is 13.2. The van der Waals surface area contributed by atoms with Crippen LogP contribution in [0.1, 0.15) is 43.1 Å². The van der Waals surface area contributed by atoms with E-state index in [9.17, 15) is 39.3 Å². The van der Waals surface area contributed by atoms with Crippen molar-refractivity contribution in [3.05, 3.63) is 63.7 Å². The molecule has 0 unspecified atom stereocenters. The van der Waals surface area contributed by atoms with Gasteiger partial charge in [0.2, 0.25) is 6.29 Å². The summed E-state index contributed by atoms with van der Waals surface area (Å²) in [7, 11) is 0. The van der Waals surface area contributed by atoms with Crippen LogP contribution >= 0.6 is 0 Å². The summed E-state index contributed by atoms with van der Waals surface area (Å²) >= 11 is 0. The fourth-order valence-corrected chi connectivity index (χ4v) is 5.79. The number of nitrogens with zero attached hydrogens (tertiary/aromatic N) is 2. The monoisotopic (exact) mass is 610 g/mol. The van der Waals surface area contributed by atoms with E-state index >= 15 is 0 Å². The number of carbonyl (C=O) groups is 4. The number of benzene rings is 2. The predicted octanol–water partition coefficient (Wildman–Crippen LogP) is 3.25. The first-order valence-electron chi connectivity index (χ1n) is 14.0. The van der Waals surface area contributed by atoms with E-state index in [1.54, 1.807) is 37.3 Å². The Balaban J connectivity index is 1.69. The molecule has 1 aliphatic rings. The molecule has 2 heterocycles. The highest BCUT2D eigenvalue weighted by Gasteiger charge is 2.49. The summed E-state index contributed by atoms with van der Waals surface area (Å²) in [6.07, 6.45) is -4.04. The minimum atomic E-state index is -1.31. The molecule has 1 aromatic heterocycles. The predicted molar refractivity (Wildman–Crippen MR) is 155 cm³/mol. The van der Waals surface area contributed by atoms with Crippen molar-refractivity contribution < 1.29 is 48.7 Å². The number of aromatic nitrogens is 2. The number of ether oxygens (including phenoxy) is 3. The van der Waals surface area contributed by atoms with Gasteiger partial charge in [-0.25, -0.2) is 4.98 Å². The van der Waals surface area contributed by atoms with Crippen molar-refractivity contribution in [3.8, 4) is 11.4 Å². The Morgan fingerprint density at radius 3 is 2.05 bits per heavy atom. The van der Waals surface area contributed by atoms with E-state index in [2.05, 4.69) is 4.98 Å². The molecule has 0 amide bonds. The fourth-order valence-electron chi connectivity index (χ4n) is 5.79. The van der Waals surface area contributed by atoms with Gasteiger partial charge in [-0.15, -0.1) is 0 Å². The Kier molecular flexibility index (Phi) is 9.68. The molecule has 4 rings (SSSR count). The third-order valence-electron chi connectivity index (χ3n) is 8.00. The van der Waals surface area contributed by atoms with Gasteiger partial charge in [0.05, 0.1) is 35.5 Å². The molecule has 44 heavy (non-hydrogen) atoms. The highest BCUT2D eigenvalue weighted by Crippen LogP contribution is 2.42. The van der Waals surface area contributed by atoms with Crippen LogP contribution in [-0.2, 0) is 28.7 Å². The van der Waals surface area contributed by atoms with Crippen LogP contribution in [0.3, 0.4) is 0 Å². The lowest BCUT2D eigenvalue weighted by Gasteiger charge is -2.45. The number of aryl methyl sites for hydroxylation is 3. The molecule has 2 aromatic carbocycles. The van der Waals surface area contributed by atoms with Gasteiger partial charge in [0, 0.05) is 25.2 Å². The maximum atomic E-state index is 13.4.